The first-order chi connectivity index (χ1) is 12.2. The molecule has 0 aliphatic rings. The third-order valence-electron chi connectivity index (χ3n) is 3.96. The van der Waals surface area contributed by atoms with Crippen LogP contribution in [0.4, 0.5) is 11.4 Å². The predicted molar refractivity (Wildman–Crippen MR) is 104 cm³/mol. The molecule has 4 nitrogen and oxygen atoms in total. The fourth-order valence-electron chi connectivity index (χ4n) is 2.57. The van der Waals surface area contributed by atoms with Gasteiger partial charge in [0.05, 0.1) is 13.2 Å². The first kappa shape index (κ1) is 18.8. The highest BCUT2D eigenvalue weighted by molar-refractivity contribution is 5.94. The molecule has 1 N–H and O–H groups in total. The predicted octanol–water partition coefficient (Wildman–Crippen LogP) is 4.72. The summed E-state index contributed by atoms with van der Waals surface area (Å²) in [5.41, 5.74) is 1.78. The Bertz CT molecular complexity index is 643. The molecule has 0 aliphatic carbocycles. The van der Waals surface area contributed by atoms with Crippen LogP contribution in [0.3, 0.4) is 0 Å². The van der Waals surface area contributed by atoms with Crippen molar-refractivity contribution in [1.29, 1.82) is 0 Å². The Labute approximate surface area is 150 Å². The van der Waals surface area contributed by atoms with E-state index in [9.17, 15) is 4.79 Å². The zero-order valence-corrected chi connectivity index (χ0v) is 15.2. The maximum absolute atomic E-state index is 12.2. The van der Waals surface area contributed by atoms with Crippen LogP contribution in [-0.4, -0.2) is 26.1 Å². The second-order valence-corrected chi connectivity index (χ2v) is 6.18. The van der Waals surface area contributed by atoms with Gasteiger partial charge < -0.3 is 15.0 Å². The van der Waals surface area contributed by atoms with Crippen LogP contribution in [0.1, 0.15) is 32.6 Å². The van der Waals surface area contributed by atoms with Crippen molar-refractivity contribution in [3.05, 3.63) is 54.6 Å². The Morgan fingerprint density at radius 2 is 1.84 bits per heavy atom. The molecule has 4 heteroatoms. The van der Waals surface area contributed by atoms with Crippen LogP contribution in [0.25, 0.3) is 0 Å². The average molecular weight is 340 g/mol. The van der Waals surface area contributed by atoms with Crippen LogP contribution >= 0.6 is 0 Å². The standard InChI is InChI=1S/C21H28N2O2/c1-3-4-5-9-15-25-20-14-10-11-18(16-20)22-21(24)17-23(2)19-12-7-6-8-13-19/h6-8,10-14,16H,3-5,9,15,17H2,1-2H3,(H,22,24). The largest absolute Gasteiger partial charge is 0.494 e. The van der Waals surface area contributed by atoms with Crippen molar-refractivity contribution in [1.82, 2.24) is 0 Å². The topological polar surface area (TPSA) is 41.6 Å². The molecule has 0 heterocycles. The van der Waals surface area contributed by atoms with E-state index in [1.54, 1.807) is 0 Å². The fraction of sp³-hybridized carbons (Fsp3) is 0.381. The van der Waals surface area contributed by atoms with Crippen molar-refractivity contribution in [2.75, 3.05) is 30.4 Å². The van der Waals surface area contributed by atoms with Crippen LogP contribution in [0.2, 0.25) is 0 Å². The lowest BCUT2D eigenvalue weighted by Crippen LogP contribution is -2.29. The molecule has 0 spiro atoms. The minimum atomic E-state index is -0.0496. The minimum absolute atomic E-state index is 0.0496. The van der Waals surface area contributed by atoms with Gasteiger partial charge in [-0.25, -0.2) is 0 Å². The Kier molecular flexibility index (Phi) is 7.83. The quantitative estimate of drug-likeness (QED) is 0.636. The number of likely N-dealkylation sites (N-methyl/N-ethyl adjacent to an activating group) is 1. The maximum atomic E-state index is 12.2. The van der Waals surface area contributed by atoms with Crippen LogP contribution < -0.4 is 15.0 Å². The number of ether oxygens (including phenoxy) is 1. The van der Waals surface area contributed by atoms with Crippen molar-refractivity contribution in [3.8, 4) is 5.75 Å². The summed E-state index contributed by atoms with van der Waals surface area (Å²) in [4.78, 5) is 14.2. The summed E-state index contributed by atoms with van der Waals surface area (Å²) in [6.07, 6.45) is 4.72. The Hall–Kier alpha value is -2.49. The Morgan fingerprint density at radius 1 is 1.04 bits per heavy atom. The van der Waals surface area contributed by atoms with Crippen LogP contribution in [0.15, 0.2) is 54.6 Å². The summed E-state index contributed by atoms with van der Waals surface area (Å²) >= 11 is 0. The lowest BCUT2D eigenvalue weighted by molar-refractivity contribution is -0.114. The Morgan fingerprint density at radius 3 is 2.60 bits per heavy atom. The molecule has 25 heavy (non-hydrogen) atoms. The molecular formula is C21H28N2O2. The molecule has 0 fully saturated rings. The number of carbonyl (C=O) groups excluding carboxylic acids is 1. The number of amides is 1. The van der Waals surface area contributed by atoms with Crippen molar-refractivity contribution in [3.63, 3.8) is 0 Å². The SMILES string of the molecule is CCCCCCOc1cccc(NC(=O)CN(C)c2ccccc2)c1. The molecule has 0 saturated carbocycles. The summed E-state index contributed by atoms with van der Waals surface area (Å²) in [7, 11) is 1.91. The number of anilines is 2. The molecule has 0 aromatic heterocycles. The van der Waals surface area contributed by atoms with Crippen molar-refractivity contribution in [2.45, 2.75) is 32.6 Å². The number of para-hydroxylation sites is 1. The highest BCUT2D eigenvalue weighted by Crippen LogP contribution is 2.18. The number of nitrogens with zero attached hydrogens (tertiary/aromatic N) is 1. The monoisotopic (exact) mass is 340 g/mol. The van der Waals surface area contributed by atoms with Crippen molar-refractivity contribution >= 4 is 17.3 Å². The lowest BCUT2D eigenvalue weighted by atomic mass is 10.2. The second kappa shape index (κ2) is 10.4. The van der Waals surface area contributed by atoms with Gasteiger partial charge in [-0.2, -0.15) is 0 Å². The van der Waals surface area contributed by atoms with Gasteiger partial charge in [-0.3, -0.25) is 4.79 Å². The molecule has 0 saturated heterocycles. The number of nitrogens with one attached hydrogen (secondary N) is 1. The van der Waals surface area contributed by atoms with Gasteiger partial charge >= 0.3 is 0 Å². The van der Waals surface area contributed by atoms with E-state index in [1.165, 1.54) is 19.3 Å². The summed E-state index contributed by atoms with van der Waals surface area (Å²) in [5, 5.41) is 2.93. The Balaban J connectivity index is 1.81. The lowest BCUT2D eigenvalue weighted by Gasteiger charge is -2.18. The number of carbonyl (C=O) groups is 1. The van der Waals surface area contributed by atoms with Gasteiger partial charge in [0.15, 0.2) is 0 Å². The average Bonchev–Trinajstić information content (AvgIpc) is 2.62. The highest BCUT2D eigenvalue weighted by atomic mass is 16.5. The summed E-state index contributed by atoms with van der Waals surface area (Å²) in [5.74, 6) is 0.747. The van der Waals surface area contributed by atoms with E-state index in [2.05, 4.69) is 12.2 Å². The van der Waals surface area contributed by atoms with Gasteiger partial charge in [0, 0.05) is 24.5 Å². The first-order valence-electron chi connectivity index (χ1n) is 8.98. The third-order valence-corrected chi connectivity index (χ3v) is 3.96. The smallest absolute Gasteiger partial charge is 0.243 e. The van der Waals surface area contributed by atoms with Gasteiger partial charge in [0.2, 0.25) is 5.91 Å². The highest BCUT2D eigenvalue weighted by Gasteiger charge is 2.08. The molecule has 2 aromatic carbocycles. The second-order valence-electron chi connectivity index (χ2n) is 6.18. The first-order valence-corrected chi connectivity index (χ1v) is 8.98. The summed E-state index contributed by atoms with van der Waals surface area (Å²) in [6, 6.07) is 17.4. The minimum Gasteiger partial charge on any atom is -0.494 e. The van der Waals surface area contributed by atoms with E-state index in [0.29, 0.717) is 13.2 Å². The number of unbranched alkanes of at least 4 members (excludes halogenated alkanes) is 3. The normalized spacial score (nSPS) is 10.3. The van der Waals surface area contributed by atoms with E-state index >= 15 is 0 Å². The van der Waals surface area contributed by atoms with Crippen LogP contribution in [-0.2, 0) is 4.79 Å². The van der Waals surface area contributed by atoms with Gasteiger partial charge in [-0.15, -0.1) is 0 Å². The third kappa shape index (κ3) is 6.87. The molecule has 0 atom stereocenters. The van der Waals surface area contributed by atoms with Crippen molar-refractivity contribution < 1.29 is 9.53 Å². The molecule has 0 unspecified atom stereocenters. The van der Waals surface area contributed by atoms with E-state index in [1.807, 2.05) is 66.5 Å². The zero-order valence-electron chi connectivity index (χ0n) is 15.2. The molecule has 0 radical (unpaired) electrons. The van der Waals surface area contributed by atoms with Gasteiger partial charge in [0.1, 0.15) is 5.75 Å². The summed E-state index contributed by atoms with van der Waals surface area (Å²) in [6.45, 7) is 3.21. The number of rotatable bonds is 10. The molecule has 1 amide bonds. The van der Waals surface area contributed by atoms with E-state index in [-0.39, 0.29) is 5.91 Å². The molecule has 0 aliphatic heterocycles. The van der Waals surface area contributed by atoms with Crippen LogP contribution in [0.5, 0.6) is 5.75 Å². The van der Waals surface area contributed by atoms with Gasteiger partial charge in [-0.05, 0) is 30.7 Å². The molecular weight excluding hydrogens is 312 g/mol. The van der Waals surface area contributed by atoms with Crippen molar-refractivity contribution in [2.24, 2.45) is 0 Å². The van der Waals surface area contributed by atoms with E-state index < -0.39 is 0 Å². The fourth-order valence-corrected chi connectivity index (χ4v) is 2.57. The number of hydrogen-bond donors (Lipinski definition) is 1. The molecule has 134 valence electrons. The summed E-state index contributed by atoms with van der Waals surface area (Å²) < 4.78 is 5.76. The van der Waals surface area contributed by atoms with Gasteiger partial charge in [-0.1, -0.05) is 50.5 Å². The number of hydrogen-bond acceptors (Lipinski definition) is 3. The van der Waals surface area contributed by atoms with Gasteiger partial charge in [0.25, 0.3) is 0 Å². The molecule has 2 rings (SSSR count). The molecule has 2 aromatic rings. The maximum Gasteiger partial charge on any atom is 0.243 e. The molecule has 0 bridgehead atoms. The zero-order chi connectivity index (χ0) is 17.9. The number of benzene rings is 2. The van der Waals surface area contributed by atoms with Crippen LogP contribution in [0, 0.1) is 0 Å². The van der Waals surface area contributed by atoms with E-state index in [4.69, 9.17) is 4.74 Å². The van der Waals surface area contributed by atoms with E-state index in [0.717, 1.165) is 23.5 Å².